The van der Waals surface area contributed by atoms with E-state index in [1.54, 1.807) is 12.5 Å². The third-order valence-electron chi connectivity index (χ3n) is 3.07. The Morgan fingerprint density at radius 3 is 3.00 bits per heavy atom. The molecule has 1 aliphatic rings. The standard InChI is InChI=1S/C12H15NO4/c14-11(4-3-9-5-7-17-8-9)13-6-1-2-10(13)12(15)16/h5,7-8,10H,1-4,6H2,(H,15,16). The maximum Gasteiger partial charge on any atom is 0.326 e. The molecule has 17 heavy (non-hydrogen) atoms. The smallest absolute Gasteiger partial charge is 0.326 e. The van der Waals surface area contributed by atoms with Crippen LogP contribution < -0.4 is 0 Å². The van der Waals surface area contributed by atoms with Gasteiger partial charge in [-0.1, -0.05) is 0 Å². The molecule has 2 heterocycles. The molecule has 1 aromatic rings. The Labute approximate surface area is 99.0 Å². The molecule has 1 N–H and O–H groups in total. The van der Waals surface area contributed by atoms with Crippen molar-refractivity contribution >= 4 is 11.9 Å². The number of rotatable bonds is 4. The van der Waals surface area contributed by atoms with Gasteiger partial charge in [0.15, 0.2) is 0 Å². The second kappa shape index (κ2) is 5.03. The number of aryl methyl sites for hydroxylation is 1. The van der Waals surface area contributed by atoms with Gasteiger partial charge in [-0.05, 0) is 30.9 Å². The molecule has 1 unspecified atom stereocenters. The first kappa shape index (κ1) is 11.7. The van der Waals surface area contributed by atoms with Gasteiger partial charge in [0.05, 0.1) is 12.5 Å². The van der Waals surface area contributed by atoms with Crippen molar-refractivity contribution in [2.45, 2.75) is 31.7 Å². The van der Waals surface area contributed by atoms with Crippen LogP contribution in [0.25, 0.3) is 0 Å². The summed E-state index contributed by atoms with van der Waals surface area (Å²) in [6, 6.07) is 1.18. The second-order valence-corrected chi connectivity index (χ2v) is 4.21. The van der Waals surface area contributed by atoms with Crippen LogP contribution >= 0.6 is 0 Å². The largest absolute Gasteiger partial charge is 0.480 e. The van der Waals surface area contributed by atoms with Crippen molar-refractivity contribution in [1.29, 1.82) is 0 Å². The number of nitrogens with zero attached hydrogens (tertiary/aromatic N) is 1. The lowest BCUT2D eigenvalue weighted by molar-refractivity contribution is -0.148. The third kappa shape index (κ3) is 2.67. The highest BCUT2D eigenvalue weighted by atomic mass is 16.4. The molecule has 0 saturated carbocycles. The topological polar surface area (TPSA) is 70.8 Å². The Balaban J connectivity index is 1.89. The number of carbonyl (C=O) groups excluding carboxylic acids is 1. The average molecular weight is 237 g/mol. The minimum atomic E-state index is -0.904. The predicted octanol–water partition coefficient (Wildman–Crippen LogP) is 1.29. The Bertz CT molecular complexity index is 399. The Kier molecular flexibility index (Phi) is 3.46. The van der Waals surface area contributed by atoms with E-state index in [0.29, 0.717) is 25.8 Å². The van der Waals surface area contributed by atoms with Crippen LogP contribution in [0.3, 0.4) is 0 Å². The molecule has 1 fully saturated rings. The Hall–Kier alpha value is -1.78. The highest BCUT2D eigenvalue weighted by Gasteiger charge is 2.33. The maximum atomic E-state index is 11.9. The molecule has 2 rings (SSSR count). The van der Waals surface area contributed by atoms with Gasteiger partial charge in [0.2, 0.25) is 5.91 Å². The molecule has 1 aliphatic heterocycles. The molecule has 1 atom stereocenters. The number of carbonyl (C=O) groups is 2. The van der Waals surface area contributed by atoms with Gasteiger partial charge in [-0.15, -0.1) is 0 Å². The molecule has 92 valence electrons. The van der Waals surface area contributed by atoms with Crippen LogP contribution in [0.4, 0.5) is 0 Å². The molecule has 1 amide bonds. The summed E-state index contributed by atoms with van der Waals surface area (Å²) in [5.74, 6) is -0.990. The van der Waals surface area contributed by atoms with Crippen LogP contribution in [0.1, 0.15) is 24.8 Å². The number of amides is 1. The van der Waals surface area contributed by atoms with E-state index in [1.165, 1.54) is 4.90 Å². The summed E-state index contributed by atoms with van der Waals surface area (Å²) < 4.78 is 4.91. The molecule has 0 bridgehead atoms. The third-order valence-corrected chi connectivity index (χ3v) is 3.07. The minimum absolute atomic E-state index is 0.0869. The fraction of sp³-hybridized carbons (Fsp3) is 0.500. The number of aliphatic carboxylic acids is 1. The SMILES string of the molecule is O=C(O)C1CCCN1C(=O)CCc1ccoc1. The first-order valence-electron chi connectivity index (χ1n) is 5.72. The number of hydrogen-bond acceptors (Lipinski definition) is 3. The van der Waals surface area contributed by atoms with E-state index in [0.717, 1.165) is 12.0 Å². The summed E-state index contributed by atoms with van der Waals surface area (Å²) in [5, 5.41) is 8.98. The van der Waals surface area contributed by atoms with Gasteiger partial charge in [-0.25, -0.2) is 4.79 Å². The maximum absolute atomic E-state index is 11.9. The van der Waals surface area contributed by atoms with Crippen molar-refractivity contribution < 1.29 is 19.1 Å². The van der Waals surface area contributed by atoms with Crippen LogP contribution in [0.5, 0.6) is 0 Å². The summed E-state index contributed by atoms with van der Waals surface area (Å²) in [6.45, 7) is 0.557. The summed E-state index contributed by atoms with van der Waals surface area (Å²) in [6.07, 6.45) is 5.43. The highest BCUT2D eigenvalue weighted by Crippen LogP contribution is 2.19. The van der Waals surface area contributed by atoms with Gasteiger partial charge in [0, 0.05) is 13.0 Å². The number of carboxylic acids is 1. The zero-order valence-corrected chi connectivity index (χ0v) is 9.46. The summed E-state index contributed by atoms with van der Waals surface area (Å²) in [7, 11) is 0. The van der Waals surface area contributed by atoms with Gasteiger partial charge in [0.1, 0.15) is 6.04 Å². The van der Waals surface area contributed by atoms with Gasteiger partial charge in [-0.2, -0.15) is 0 Å². The van der Waals surface area contributed by atoms with Crippen molar-refractivity contribution in [3.05, 3.63) is 24.2 Å². The zero-order chi connectivity index (χ0) is 12.3. The normalized spacial score (nSPS) is 19.5. The molecule has 0 spiro atoms. The first-order valence-corrected chi connectivity index (χ1v) is 5.72. The van der Waals surface area contributed by atoms with Gasteiger partial charge >= 0.3 is 5.97 Å². The van der Waals surface area contributed by atoms with Crippen LogP contribution in [-0.2, 0) is 16.0 Å². The van der Waals surface area contributed by atoms with Crippen molar-refractivity contribution in [2.24, 2.45) is 0 Å². The molecule has 5 nitrogen and oxygen atoms in total. The van der Waals surface area contributed by atoms with Gasteiger partial charge in [-0.3, -0.25) is 4.79 Å². The van der Waals surface area contributed by atoms with Gasteiger partial charge < -0.3 is 14.4 Å². The second-order valence-electron chi connectivity index (χ2n) is 4.21. The lowest BCUT2D eigenvalue weighted by atomic mass is 10.1. The van der Waals surface area contributed by atoms with E-state index in [4.69, 9.17) is 9.52 Å². The van der Waals surface area contributed by atoms with Crippen molar-refractivity contribution in [1.82, 2.24) is 4.90 Å². The van der Waals surface area contributed by atoms with Crippen LogP contribution in [0.2, 0.25) is 0 Å². The number of likely N-dealkylation sites (tertiary alicyclic amines) is 1. The minimum Gasteiger partial charge on any atom is -0.480 e. The summed E-state index contributed by atoms with van der Waals surface area (Å²) >= 11 is 0. The van der Waals surface area contributed by atoms with E-state index >= 15 is 0 Å². The lowest BCUT2D eigenvalue weighted by Crippen LogP contribution is -2.40. The van der Waals surface area contributed by atoms with Crippen molar-refractivity contribution in [2.75, 3.05) is 6.54 Å². The fourth-order valence-electron chi connectivity index (χ4n) is 2.15. The number of carboxylic acid groups (broad SMARTS) is 1. The average Bonchev–Trinajstić information content (AvgIpc) is 2.96. The predicted molar refractivity (Wildman–Crippen MR) is 59.4 cm³/mol. The number of furan rings is 1. The number of hydrogen-bond donors (Lipinski definition) is 1. The zero-order valence-electron chi connectivity index (χ0n) is 9.46. The molecule has 0 radical (unpaired) electrons. The Morgan fingerprint density at radius 1 is 1.53 bits per heavy atom. The van der Waals surface area contributed by atoms with E-state index in [-0.39, 0.29) is 5.91 Å². The van der Waals surface area contributed by atoms with E-state index in [1.807, 2.05) is 6.07 Å². The van der Waals surface area contributed by atoms with Gasteiger partial charge in [0.25, 0.3) is 0 Å². The first-order chi connectivity index (χ1) is 8.18. The van der Waals surface area contributed by atoms with Crippen molar-refractivity contribution in [3.63, 3.8) is 0 Å². The lowest BCUT2D eigenvalue weighted by Gasteiger charge is -2.21. The molecule has 1 aromatic heterocycles. The summed E-state index contributed by atoms with van der Waals surface area (Å²) in [5.41, 5.74) is 0.962. The van der Waals surface area contributed by atoms with Crippen LogP contribution in [-0.4, -0.2) is 34.5 Å². The monoisotopic (exact) mass is 237 g/mol. The van der Waals surface area contributed by atoms with E-state index < -0.39 is 12.0 Å². The quantitative estimate of drug-likeness (QED) is 0.856. The van der Waals surface area contributed by atoms with E-state index in [2.05, 4.69) is 0 Å². The van der Waals surface area contributed by atoms with Crippen molar-refractivity contribution in [3.8, 4) is 0 Å². The molecular weight excluding hydrogens is 222 g/mol. The molecule has 0 aromatic carbocycles. The fourth-order valence-corrected chi connectivity index (χ4v) is 2.15. The molecule has 5 heteroatoms. The molecule has 0 aliphatic carbocycles. The highest BCUT2D eigenvalue weighted by molar-refractivity contribution is 5.84. The molecule has 1 saturated heterocycles. The van der Waals surface area contributed by atoms with Crippen LogP contribution in [0.15, 0.2) is 23.0 Å². The summed E-state index contributed by atoms with van der Waals surface area (Å²) in [4.78, 5) is 24.3. The van der Waals surface area contributed by atoms with Crippen LogP contribution in [0, 0.1) is 0 Å². The molecular formula is C12H15NO4. The Morgan fingerprint density at radius 2 is 2.35 bits per heavy atom. The van der Waals surface area contributed by atoms with E-state index in [9.17, 15) is 9.59 Å².